The number of benzene rings is 1. The molecule has 0 unspecified atom stereocenters. The molecule has 0 bridgehead atoms. The SMILES string of the molecule is C/C=C/C=C/C(=O)O[C@@H](C)C(=O)Nc1ccccc1[N+](=O)[O-]. The van der Waals surface area contributed by atoms with Crippen molar-refractivity contribution >= 4 is 23.3 Å². The topological polar surface area (TPSA) is 98.5 Å². The van der Waals surface area contributed by atoms with Gasteiger partial charge in [-0.05, 0) is 19.9 Å². The van der Waals surface area contributed by atoms with Crippen LogP contribution in [0, 0.1) is 10.1 Å². The smallest absolute Gasteiger partial charge is 0.331 e. The molecule has 1 aromatic rings. The van der Waals surface area contributed by atoms with E-state index in [1.807, 2.05) is 0 Å². The molecule has 1 amide bonds. The van der Waals surface area contributed by atoms with Crippen LogP contribution >= 0.6 is 0 Å². The predicted octanol–water partition coefficient (Wildman–Crippen LogP) is 2.60. The number of para-hydroxylation sites is 2. The molecule has 7 nitrogen and oxygen atoms in total. The number of ether oxygens (including phenoxy) is 1. The number of anilines is 1. The summed E-state index contributed by atoms with van der Waals surface area (Å²) in [6.45, 7) is 3.17. The molecule has 1 atom stereocenters. The van der Waals surface area contributed by atoms with Gasteiger partial charge in [0.2, 0.25) is 0 Å². The van der Waals surface area contributed by atoms with Crippen molar-refractivity contribution in [2.75, 3.05) is 5.32 Å². The Morgan fingerprint density at radius 2 is 2.00 bits per heavy atom. The van der Waals surface area contributed by atoms with Crippen LogP contribution in [0.2, 0.25) is 0 Å². The number of esters is 1. The standard InChI is InChI=1S/C15H16N2O5/c1-3-4-5-10-14(18)22-11(2)15(19)16-12-8-6-7-9-13(12)17(20)21/h3-11H,1-2H3,(H,16,19)/b4-3+,10-5+/t11-/m0/s1. The van der Waals surface area contributed by atoms with Gasteiger partial charge in [-0.2, -0.15) is 0 Å². The maximum atomic E-state index is 11.9. The van der Waals surface area contributed by atoms with E-state index in [9.17, 15) is 19.7 Å². The lowest BCUT2D eigenvalue weighted by Crippen LogP contribution is -2.29. The third-order valence-electron chi connectivity index (χ3n) is 2.56. The molecule has 0 fully saturated rings. The summed E-state index contributed by atoms with van der Waals surface area (Å²) < 4.78 is 4.89. The van der Waals surface area contributed by atoms with Crippen molar-refractivity contribution in [2.24, 2.45) is 0 Å². The minimum atomic E-state index is -1.08. The number of nitrogens with zero attached hydrogens (tertiary/aromatic N) is 1. The van der Waals surface area contributed by atoms with Gasteiger partial charge in [-0.15, -0.1) is 0 Å². The van der Waals surface area contributed by atoms with E-state index >= 15 is 0 Å². The molecule has 1 rings (SSSR count). The van der Waals surface area contributed by atoms with Crippen molar-refractivity contribution in [3.8, 4) is 0 Å². The molecule has 7 heteroatoms. The number of hydrogen-bond acceptors (Lipinski definition) is 5. The van der Waals surface area contributed by atoms with Crippen LogP contribution in [-0.4, -0.2) is 22.9 Å². The van der Waals surface area contributed by atoms with E-state index in [0.29, 0.717) is 0 Å². The molecule has 0 saturated heterocycles. The lowest BCUT2D eigenvalue weighted by atomic mass is 10.2. The van der Waals surface area contributed by atoms with E-state index in [-0.39, 0.29) is 11.4 Å². The van der Waals surface area contributed by atoms with Crippen LogP contribution in [0.25, 0.3) is 0 Å². The van der Waals surface area contributed by atoms with Crippen LogP contribution in [0.3, 0.4) is 0 Å². The van der Waals surface area contributed by atoms with Gasteiger partial charge in [0.25, 0.3) is 11.6 Å². The van der Waals surface area contributed by atoms with E-state index < -0.39 is 22.9 Å². The summed E-state index contributed by atoms with van der Waals surface area (Å²) in [6.07, 6.45) is 4.94. The van der Waals surface area contributed by atoms with Crippen LogP contribution in [0.1, 0.15) is 13.8 Å². The summed E-state index contributed by atoms with van der Waals surface area (Å²) in [5.74, 6) is -1.33. The second-order valence-corrected chi connectivity index (χ2v) is 4.23. The second kappa shape index (κ2) is 8.35. The van der Waals surface area contributed by atoms with E-state index in [2.05, 4.69) is 5.32 Å². The first kappa shape index (κ1) is 17.1. The summed E-state index contributed by atoms with van der Waals surface area (Å²) in [4.78, 5) is 33.6. The summed E-state index contributed by atoms with van der Waals surface area (Å²) in [7, 11) is 0. The highest BCUT2D eigenvalue weighted by Crippen LogP contribution is 2.23. The summed E-state index contributed by atoms with van der Waals surface area (Å²) >= 11 is 0. The van der Waals surface area contributed by atoms with Gasteiger partial charge in [0, 0.05) is 12.1 Å². The van der Waals surface area contributed by atoms with Crippen molar-refractivity contribution in [2.45, 2.75) is 20.0 Å². The van der Waals surface area contributed by atoms with Crippen LogP contribution in [0.5, 0.6) is 0 Å². The van der Waals surface area contributed by atoms with Gasteiger partial charge in [0.15, 0.2) is 6.10 Å². The highest BCUT2D eigenvalue weighted by molar-refractivity contribution is 5.97. The molecule has 22 heavy (non-hydrogen) atoms. The molecule has 0 saturated carbocycles. The number of rotatable bonds is 6. The number of carbonyl (C=O) groups excluding carboxylic acids is 2. The Morgan fingerprint density at radius 3 is 2.64 bits per heavy atom. The van der Waals surface area contributed by atoms with Gasteiger partial charge in [-0.25, -0.2) is 4.79 Å². The monoisotopic (exact) mass is 304 g/mol. The average molecular weight is 304 g/mol. The summed E-state index contributed by atoms with van der Waals surface area (Å²) in [5.41, 5.74) is -0.188. The number of amides is 1. The number of allylic oxidation sites excluding steroid dienone is 3. The van der Waals surface area contributed by atoms with E-state index in [4.69, 9.17) is 4.74 Å². The molecule has 0 aliphatic carbocycles. The molecule has 0 spiro atoms. The summed E-state index contributed by atoms with van der Waals surface area (Å²) in [6, 6.07) is 5.71. The molecular weight excluding hydrogens is 288 g/mol. The van der Waals surface area contributed by atoms with E-state index in [0.717, 1.165) is 0 Å². The Kier molecular flexibility index (Phi) is 6.49. The highest BCUT2D eigenvalue weighted by Gasteiger charge is 2.20. The molecule has 0 aliphatic rings. The zero-order valence-corrected chi connectivity index (χ0v) is 12.2. The van der Waals surface area contributed by atoms with Gasteiger partial charge in [0.1, 0.15) is 5.69 Å². The zero-order chi connectivity index (χ0) is 16.5. The molecular formula is C15H16N2O5. The van der Waals surface area contributed by atoms with Crippen molar-refractivity contribution in [3.05, 3.63) is 58.7 Å². The Labute approximate surface area is 127 Å². The van der Waals surface area contributed by atoms with Crippen molar-refractivity contribution < 1.29 is 19.2 Å². The number of carbonyl (C=O) groups is 2. The number of nitrogens with one attached hydrogen (secondary N) is 1. The third-order valence-corrected chi connectivity index (χ3v) is 2.56. The van der Waals surface area contributed by atoms with Crippen LogP contribution < -0.4 is 5.32 Å². The minimum Gasteiger partial charge on any atom is -0.449 e. The first-order valence-corrected chi connectivity index (χ1v) is 6.50. The van der Waals surface area contributed by atoms with Gasteiger partial charge in [-0.3, -0.25) is 14.9 Å². The third kappa shape index (κ3) is 5.20. The summed E-state index contributed by atoms with van der Waals surface area (Å²) in [5, 5.41) is 13.2. The largest absolute Gasteiger partial charge is 0.449 e. The van der Waals surface area contributed by atoms with Crippen molar-refractivity contribution in [1.82, 2.24) is 0 Å². The molecule has 0 aliphatic heterocycles. The maximum Gasteiger partial charge on any atom is 0.331 e. The first-order valence-electron chi connectivity index (χ1n) is 6.50. The lowest BCUT2D eigenvalue weighted by Gasteiger charge is -2.12. The van der Waals surface area contributed by atoms with E-state index in [1.54, 1.807) is 25.1 Å². The van der Waals surface area contributed by atoms with Crippen LogP contribution in [-0.2, 0) is 14.3 Å². The van der Waals surface area contributed by atoms with Gasteiger partial charge < -0.3 is 10.1 Å². The van der Waals surface area contributed by atoms with E-state index in [1.165, 1.54) is 37.3 Å². The Balaban J connectivity index is 2.69. The second-order valence-electron chi connectivity index (χ2n) is 4.23. The molecule has 1 N–H and O–H groups in total. The quantitative estimate of drug-likeness (QED) is 0.286. The number of hydrogen-bond donors (Lipinski definition) is 1. The van der Waals surface area contributed by atoms with Crippen LogP contribution in [0.4, 0.5) is 11.4 Å². The lowest BCUT2D eigenvalue weighted by molar-refractivity contribution is -0.383. The van der Waals surface area contributed by atoms with Crippen LogP contribution in [0.15, 0.2) is 48.6 Å². The normalized spacial score (nSPS) is 12.3. The predicted molar refractivity (Wildman–Crippen MR) is 81.2 cm³/mol. The molecule has 0 radical (unpaired) electrons. The first-order chi connectivity index (χ1) is 10.5. The number of nitro benzene ring substituents is 1. The fraction of sp³-hybridized carbons (Fsp3) is 0.200. The van der Waals surface area contributed by atoms with Crippen molar-refractivity contribution in [3.63, 3.8) is 0 Å². The van der Waals surface area contributed by atoms with Crippen molar-refractivity contribution in [1.29, 1.82) is 0 Å². The average Bonchev–Trinajstić information content (AvgIpc) is 2.47. The maximum absolute atomic E-state index is 11.9. The number of nitro groups is 1. The fourth-order valence-electron chi connectivity index (χ4n) is 1.49. The van der Waals surface area contributed by atoms with Gasteiger partial charge in [-0.1, -0.05) is 30.4 Å². The Hall–Kier alpha value is -2.96. The molecule has 0 heterocycles. The minimum absolute atomic E-state index is 0.0462. The molecule has 1 aromatic carbocycles. The van der Waals surface area contributed by atoms with Gasteiger partial charge >= 0.3 is 5.97 Å². The Bertz CT molecular complexity index is 622. The highest BCUT2D eigenvalue weighted by atomic mass is 16.6. The Morgan fingerprint density at radius 1 is 1.32 bits per heavy atom. The zero-order valence-electron chi connectivity index (χ0n) is 12.2. The van der Waals surface area contributed by atoms with Gasteiger partial charge in [0.05, 0.1) is 4.92 Å². The molecule has 0 aromatic heterocycles. The molecule has 116 valence electrons. The fourth-order valence-corrected chi connectivity index (χ4v) is 1.49.